The Hall–Kier alpha value is -2.60. The van der Waals surface area contributed by atoms with Crippen LogP contribution in [0.25, 0.3) is 10.9 Å². The van der Waals surface area contributed by atoms with Gasteiger partial charge in [-0.2, -0.15) is 0 Å². The zero-order valence-corrected chi connectivity index (χ0v) is 15.9. The molecule has 0 saturated carbocycles. The summed E-state index contributed by atoms with van der Waals surface area (Å²) in [6.07, 6.45) is 7.14. The summed E-state index contributed by atoms with van der Waals surface area (Å²) >= 11 is 5.80. The van der Waals surface area contributed by atoms with Crippen LogP contribution in [0.1, 0.15) is 18.4 Å². The molecule has 1 atom stereocenters. The van der Waals surface area contributed by atoms with Crippen LogP contribution in [0.15, 0.2) is 42.9 Å². The number of ether oxygens (including phenoxy) is 1. The first kappa shape index (κ1) is 17.8. The van der Waals surface area contributed by atoms with Crippen LogP contribution in [0.2, 0.25) is 5.02 Å². The van der Waals surface area contributed by atoms with Crippen LogP contribution in [0.3, 0.4) is 0 Å². The molecule has 0 N–H and O–H groups in total. The van der Waals surface area contributed by atoms with E-state index < -0.39 is 0 Å². The second-order valence-electron chi connectivity index (χ2n) is 6.86. The maximum Gasteiger partial charge on any atom is 0.316 e. The minimum Gasteiger partial charge on any atom is -0.458 e. The summed E-state index contributed by atoms with van der Waals surface area (Å²) in [6.45, 7) is 1.31. The predicted octanol–water partition coefficient (Wildman–Crippen LogP) is 3.23. The lowest BCUT2D eigenvalue weighted by molar-refractivity contribution is -0.133. The fraction of sp³-hybridized carbons (Fsp3) is 0.350. The largest absolute Gasteiger partial charge is 0.458 e. The van der Waals surface area contributed by atoms with Gasteiger partial charge in [0.25, 0.3) is 0 Å². The number of aromatic nitrogens is 3. The Morgan fingerprint density at radius 1 is 1.30 bits per heavy atom. The van der Waals surface area contributed by atoms with Gasteiger partial charge in [0.1, 0.15) is 6.10 Å². The number of hydrogen-bond donors (Lipinski definition) is 0. The molecule has 7 heteroatoms. The fourth-order valence-corrected chi connectivity index (χ4v) is 3.71. The van der Waals surface area contributed by atoms with Crippen molar-refractivity contribution in [2.24, 2.45) is 7.05 Å². The lowest BCUT2D eigenvalue weighted by Gasteiger charge is -2.32. The standard InChI is InChI=1S/C20H21ClN4O2/c1-24-12-14(17-6-2-3-7-18(17)24)9-19(26)25-8-4-5-16(13-25)27-20-22-10-15(21)11-23-20/h2-3,6-7,10-12,16H,4-5,8-9,13H2,1H3. The molecule has 3 aromatic rings. The zero-order valence-electron chi connectivity index (χ0n) is 15.1. The summed E-state index contributed by atoms with van der Waals surface area (Å²) in [5.74, 6) is 0.122. The van der Waals surface area contributed by atoms with Gasteiger partial charge >= 0.3 is 6.01 Å². The Balaban J connectivity index is 1.43. The first-order chi connectivity index (χ1) is 13.1. The van der Waals surface area contributed by atoms with E-state index in [1.54, 1.807) is 0 Å². The molecule has 0 spiro atoms. The number of likely N-dealkylation sites (tertiary alicyclic amines) is 1. The summed E-state index contributed by atoms with van der Waals surface area (Å²) < 4.78 is 7.90. The van der Waals surface area contributed by atoms with Crippen molar-refractivity contribution in [3.8, 4) is 6.01 Å². The number of carbonyl (C=O) groups is 1. The van der Waals surface area contributed by atoms with E-state index in [-0.39, 0.29) is 12.0 Å². The van der Waals surface area contributed by atoms with Crippen molar-refractivity contribution in [1.29, 1.82) is 0 Å². The SMILES string of the molecule is Cn1cc(CC(=O)N2CCCC(Oc3ncc(Cl)cn3)C2)c2ccccc21. The van der Waals surface area contributed by atoms with Gasteiger partial charge in [0.2, 0.25) is 5.91 Å². The number of rotatable bonds is 4. The molecular weight excluding hydrogens is 364 g/mol. The van der Waals surface area contributed by atoms with E-state index in [0.717, 1.165) is 35.9 Å². The fourth-order valence-electron chi connectivity index (χ4n) is 3.61. The van der Waals surface area contributed by atoms with Crippen LogP contribution in [0, 0.1) is 0 Å². The van der Waals surface area contributed by atoms with Crippen LogP contribution in [0.5, 0.6) is 6.01 Å². The topological polar surface area (TPSA) is 60.2 Å². The second kappa shape index (κ2) is 7.56. The van der Waals surface area contributed by atoms with E-state index in [2.05, 4.69) is 26.7 Å². The Bertz CT molecular complexity index is 954. The van der Waals surface area contributed by atoms with E-state index in [1.807, 2.05) is 30.3 Å². The Morgan fingerprint density at radius 2 is 2.07 bits per heavy atom. The first-order valence-electron chi connectivity index (χ1n) is 9.05. The number of nitrogens with zero attached hydrogens (tertiary/aromatic N) is 4. The molecular formula is C20H21ClN4O2. The van der Waals surface area contributed by atoms with Gasteiger partial charge < -0.3 is 14.2 Å². The van der Waals surface area contributed by atoms with Gasteiger partial charge in [0.05, 0.1) is 30.4 Å². The van der Waals surface area contributed by atoms with Crippen molar-refractivity contribution in [3.05, 3.63) is 53.4 Å². The quantitative estimate of drug-likeness (QED) is 0.692. The molecule has 1 aliphatic heterocycles. The van der Waals surface area contributed by atoms with Gasteiger partial charge in [-0.25, -0.2) is 9.97 Å². The highest BCUT2D eigenvalue weighted by Crippen LogP contribution is 2.22. The van der Waals surface area contributed by atoms with Crippen LogP contribution in [0.4, 0.5) is 0 Å². The molecule has 1 amide bonds. The summed E-state index contributed by atoms with van der Waals surface area (Å²) in [6, 6.07) is 8.46. The highest BCUT2D eigenvalue weighted by atomic mass is 35.5. The van der Waals surface area contributed by atoms with E-state index in [0.29, 0.717) is 24.0 Å². The Kier molecular flexibility index (Phi) is 4.99. The maximum atomic E-state index is 12.9. The van der Waals surface area contributed by atoms with Gasteiger partial charge in [0, 0.05) is 30.7 Å². The van der Waals surface area contributed by atoms with Crippen molar-refractivity contribution < 1.29 is 9.53 Å². The van der Waals surface area contributed by atoms with Crippen molar-refractivity contribution in [2.75, 3.05) is 13.1 Å². The van der Waals surface area contributed by atoms with Gasteiger partial charge in [-0.1, -0.05) is 29.8 Å². The number of benzene rings is 1. The molecule has 1 aromatic carbocycles. The number of carbonyl (C=O) groups excluding carboxylic acids is 1. The van der Waals surface area contributed by atoms with E-state index in [4.69, 9.17) is 16.3 Å². The van der Waals surface area contributed by atoms with Crippen LogP contribution in [-0.4, -0.2) is 44.5 Å². The van der Waals surface area contributed by atoms with E-state index >= 15 is 0 Å². The lowest BCUT2D eigenvalue weighted by Crippen LogP contribution is -2.45. The summed E-state index contributed by atoms with van der Waals surface area (Å²) in [5, 5.41) is 1.60. The lowest BCUT2D eigenvalue weighted by atomic mass is 10.1. The molecule has 4 rings (SSSR count). The molecule has 3 heterocycles. The van der Waals surface area contributed by atoms with Crippen LogP contribution in [-0.2, 0) is 18.3 Å². The Morgan fingerprint density at radius 3 is 2.89 bits per heavy atom. The molecule has 0 aliphatic carbocycles. The summed E-state index contributed by atoms with van der Waals surface area (Å²) in [7, 11) is 2.01. The van der Waals surface area contributed by atoms with Gasteiger partial charge in [-0.15, -0.1) is 0 Å². The molecule has 0 radical (unpaired) electrons. The molecule has 1 saturated heterocycles. The third kappa shape index (κ3) is 3.90. The van der Waals surface area contributed by atoms with Crippen molar-refractivity contribution in [2.45, 2.75) is 25.4 Å². The molecule has 2 aromatic heterocycles. The van der Waals surface area contributed by atoms with Gasteiger partial charge in [-0.3, -0.25) is 4.79 Å². The van der Waals surface area contributed by atoms with Gasteiger partial charge in [0.15, 0.2) is 0 Å². The van der Waals surface area contributed by atoms with Crippen molar-refractivity contribution >= 4 is 28.4 Å². The number of para-hydroxylation sites is 1. The molecule has 6 nitrogen and oxygen atoms in total. The first-order valence-corrected chi connectivity index (χ1v) is 9.43. The number of halogens is 1. The van der Waals surface area contributed by atoms with E-state index in [1.165, 1.54) is 12.4 Å². The monoisotopic (exact) mass is 384 g/mol. The van der Waals surface area contributed by atoms with Gasteiger partial charge in [-0.05, 0) is 24.5 Å². The minimum absolute atomic E-state index is 0.101. The van der Waals surface area contributed by atoms with Crippen molar-refractivity contribution in [3.63, 3.8) is 0 Å². The minimum atomic E-state index is -0.101. The average Bonchev–Trinajstić information content (AvgIpc) is 3.00. The van der Waals surface area contributed by atoms with Crippen LogP contribution < -0.4 is 4.74 Å². The molecule has 0 bridgehead atoms. The average molecular weight is 385 g/mol. The molecule has 1 aliphatic rings. The summed E-state index contributed by atoms with van der Waals surface area (Å²) in [5.41, 5.74) is 2.20. The number of hydrogen-bond acceptors (Lipinski definition) is 4. The maximum absolute atomic E-state index is 12.9. The van der Waals surface area contributed by atoms with Crippen molar-refractivity contribution in [1.82, 2.24) is 19.4 Å². The highest BCUT2D eigenvalue weighted by Gasteiger charge is 2.26. The molecule has 27 heavy (non-hydrogen) atoms. The highest BCUT2D eigenvalue weighted by molar-refractivity contribution is 6.30. The summed E-state index contributed by atoms with van der Waals surface area (Å²) in [4.78, 5) is 22.9. The number of fused-ring (bicyclic) bond motifs is 1. The zero-order chi connectivity index (χ0) is 18.8. The number of aryl methyl sites for hydroxylation is 1. The smallest absolute Gasteiger partial charge is 0.316 e. The molecule has 140 valence electrons. The third-order valence-corrected chi connectivity index (χ3v) is 5.12. The number of amides is 1. The molecule has 1 fully saturated rings. The predicted molar refractivity (Wildman–Crippen MR) is 104 cm³/mol. The second-order valence-corrected chi connectivity index (χ2v) is 7.30. The number of piperidine rings is 1. The Labute approximate surface area is 162 Å². The van der Waals surface area contributed by atoms with Crippen LogP contribution >= 0.6 is 11.6 Å². The molecule has 1 unspecified atom stereocenters. The van der Waals surface area contributed by atoms with E-state index in [9.17, 15) is 4.79 Å². The normalized spacial score (nSPS) is 17.3. The third-order valence-electron chi connectivity index (χ3n) is 4.92.